The highest BCUT2D eigenvalue weighted by Crippen LogP contribution is 2.17. The summed E-state index contributed by atoms with van der Waals surface area (Å²) in [5.74, 6) is -0.635. The molecule has 2 aromatic carbocycles. The number of carboxylic acids is 1. The average Bonchev–Trinajstić information content (AvgIpc) is 2.74. The second-order valence-corrected chi connectivity index (χ2v) is 7.49. The van der Waals surface area contributed by atoms with Gasteiger partial charge in [-0.15, -0.1) is 23.2 Å². The van der Waals surface area contributed by atoms with Gasteiger partial charge in [0.1, 0.15) is 6.04 Å². The number of nitrogens with one attached hydrogen (secondary N) is 1. The van der Waals surface area contributed by atoms with Gasteiger partial charge in [0, 0.05) is 49.1 Å². The zero-order valence-electron chi connectivity index (χ0n) is 16.6. The molecule has 1 unspecified atom stereocenters. The molecule has 0 aliphatic heterocycles. The maximum atomic E-state index is 12.6. The lowest BCUT2D eigenvalue weighted by Crippen LogP contribution is -2.42. The molecular weight excluding hydrogens is 427 g/mol. The maximum Gasteiger partial charge on any atom is 0.326 e. The van der Waals surface area contributed by atoms with Gasteiger partial charge in [0.25, 0.3) is 5.91 Å². The predicted molar refractivity (Wildman–Crippen MR) is 120 cm³/mol. The molecule has 162 valence electrons. The van der Waals surface area contributed by atoms with Crippen LogP contribution in [0.1, 0.15) is 21.5 Å². The van der Waals surface area contributed by atoms with Gasteiger partial charge in [0.15, 0.2) is 0 Å². The van der Waals surface area contributed by atoms with Crippen LogP contribution in [0.15, 0.2) is 48.5 Å². The van der Waals surface area contributed by atoms with Crippen molar-refractivity contribution in [2.45, 2.75) is 18.9 Å². The SMILES string of the molecule is O=C(NC(Cc1ccc(N(CCCl)CCCl)cc1)C(=O)O)c1ccccc1CCO. The number of carbonyl (C=O) groups is 2. The number of alkyl halides is 2. The van der Waals surface area contributed by atoms with E-state index in [1.165, 1.54) is 0 Å². The van der Waals surface area contributed by atoms with E-state index in [-0.39, 0.29) is 13.0 Å². The summed E-state index contributed by atoms with van der Waals surface area (Å²) in [5.41, 5.74) is 2.77. The molecule has 0 fully saturated rings. The normalized spacial score (nSPS) is 11.7. The van der Waals surface area contributed by atoms with Crippen molar-refractivity contribution in [3.05, 3.63) is 65.2 Å². The minimum Gasteiger partial charge on any atom is -0.480 e. The fourth-order valence-corrected chi connectivity index (χ4v) is 3.58. The van der Waals surface area contributed by atoms with Crippen LogP contribution < -0.4 is 10.2 Å². The fraction of sp³-hybridized carbons (Fsp3) is 0.364. The summed E-state index contributed by atoms with van der Waals surface area (Å²) in [7, 11) is 0. The minimum absolute atomic E-state index is 0.0938. The van der Waals surface area contributed by atoms with E-state index in [4.69, 9.17) is 23.2 Å². The topological polar surface area (TPSA) is 89.9 Å². The van der Waals surface area contributed by atoms with Crippen molar-refractivity contribution < 1.29 is 19.8 Å². The molecule has 1 amide bonds. The molecule has 0 radical (unpaired) electrons. The van der Waals surface area contributed by atoms with Crippen LogP contribution in [0.2, 0.25) is 0 Å². The van der Waals surface area contributed by atoms with Gasteiger partial charge in [0.05, 0.1) is 0 Å². The summed E-state index contributed by atoms with van der Waals surface area (Å²) < 4.78 is 0. The van der Waals surface area contributed by atoms with Gasteiger partial charge in [-0.05, 0) is 35.7 Å². The van der Waals surface area contributed by atoms with E-state index < -0.39 is 17.9 Å². The molecule has 0 aromatic heterocycles. The zero-order valence-corrected chi connectivity index (χ0v) is 18.1. The summed E-state index contributed by atoms with van der Waals surface area (Å²) in [4.78, 5) is 26.4. The fourth-order valence-electron chi connectivity index (χ4n) is 3.17. The van der Waals surface area contributed by atoms with Crippen molar-refractivity contribution in [2.75, 3.05) is 36.4 Å². The number of carbonyl (C=O) groups excluding carboxylic acids is 1. The third-order valence-corrected chi connectivity index (χ3v) is 5.03. The molecule has 0 aliphatic carbocycles. The van der Waals surface area contributed by atoms with Gasteiger partial charge in [0.2, 0.25) is 0 Å². The van der Waals surface area contributed by atoms with Gasteiger partial charge in [-0.3, -0.25) is 4.79 Å². The number of rotatable bonds is 12. The molecule has 2 rings (SSSR count). The van der Waals surface area contributed by atoms with Gasteiger partial charge in [-0.2, -0.15) is 0 Å². The highest BCUT2D eigenvalue weighted by atomic mass is 35.5. The molecule has 0 bridgehead atoms. The smallest absolute Gasteiger partial charge is 0.326 e. The molecular formula is C22H26Cl2N2O4. The number of halogens is 2. The summed E-state index contributed by atoms with van der Waals surface area (Å²) in [6.07, 6.45) is 0.471. The third kappa shape index (κ3) is 6.90. The minimum atomic E-state index is -1.11. The number of hydrogen-bond donors (Lipinski definition) is 3. The largest absolute Gasteiger partial charge is 0.480 e. The molecule has 0 saturated heterocycles. The summed E-state index contributed by atoms with van der Waals surface area (Å²) >= 11 is 11.7. The van der Waals surface area contributed by atoms with Crippen LogP contribution in [0.5, 0.6) is 0 Å². The molecule has 3 N–H and O–H groups in total. The van der Waals surface area contributed by atoms with E-state index in [1.807, 2.05) is 24.3 Å². The number of anilines is 1. The van der Waals surface area contributed by atoms with E-state index in [1.54, 1.807) is 24.3 Å². The number of carboxylic acid groups (broad SMARTS) is 1. The maximum absolute atomic E-state index is 12.6. The third-order valence-electron chi connectivity index (χ3n) is 4.70. The van der Waals surface area contributed by atoms with Crippen molar-refractivity contribution >= 4 is 40.8 Å². The number of benzene rings is 2. The van der Waals surface area contributed by atoms with Gasteiger partial charge < -0.3 is 20.4 Å². The molecule has 0 spiro atoms. The first-order chi connectivity index (χ1) is 14.5. The molecule has 30 heavy (non-hydrogen) atoms. The lowest BCUT2D eigenvalue weighted by Gasteiger charge is -2.23. The van der Waals surface area contributed by atoms with E-state index in [0.717, 1.165) is 11.3 Å². The quantitative estimate of drug-likeness (QED) is 0.430. The van der Waals surface area contributed by atoms with Crippen molar-refractivity contribution in [1.82, 2.24) is 5.32 Å². The van der Waals surface area contributed by atoms with Crippen molar-refractivity contribution in [1.29, 1.82) is 0 Å². The van der Waals surface area contributed by atoms with Crippen molar-refractivity contribution in [3.63, 3.8) is 0 Å². The van der Waals surface area contributed by atoms with Crippen LogP contribution >= 0.6 is 23.2 Å². The van der Waals surface area contributed by atoms with Crippen LogP contribution in [0.4, 0.5) is 5.69 Å². The van der Waals surface area contributed by atoms with Crippen molar-refractivity contribution in [2.24, 2.45) is 0 Å². The lowest BCUT2D eigenvalue weighted by atomic mass is 10.0. The number of aliphatic hydroxyl groups excluding tert-OH is 1. The second-order valence-electron chi connectivity index (χ2n) is 6.73. The van der Waals surface area contributed by atoms with E-state index in [0.29, 0.717) is 42.4 Å². The van der Waals surface area contributed by atoms with Crippen LogP contribution in [0.25, 0.3) is 0 Å². The predicted octanol–water partition coefficient (Wildman–Crippen LogP) is 2.93. The second kappa shape index (κ2) is 12.4. The molecule has 0 saturated carbocycles. The van der Waals surface area contributed by atoms with Crippen LogP contribution in [-0.2, 0) is 17.6 Å². The highest BCUT2D eigenvalue weighted by Gasteiger charge is 2.22. The Morgan fingerprint density at radius 2 is 1.63 bits per heavy atom. The van der Waals surface area contributed by atoms with Gasteiger partial charge >= 0.3 is 5.97 Å². The van der Waals surface area contributed by atoms with E-state index in [9.17, 15) is 19.8 Å². The first kappa shape index (κ1) is 24.0. The van der Waals surface area contributed by atoms with Crippen LogP contribution in [0.3, 0.4) is 0 Å². The monoisotopic (exact) mass is 452 g/mol. The zero-order chi connectivity index (χ0) is 21.9. The first-order valence-corrected chi connectivity index (χ1v) is 10.7. The Balaban J connectivity index is 2.11. The Hall–Kier alpha value is -2.28. The van der Waals surface area contributed by atoms with Gasteiger partial charge in [-0.1, -0.05) is 30.3 Å². The summed E-state index contributed by atoms with van der Waals surface area (Å²) in [6, 6.07) is 13.2. The van der Waals surface area contributed by atoms with Crippen LogP contribution in [0, 0.1) is 0 Å². The number of hydrogen-bond acceptors (Lipinski definition) is 4. The molecule has 8 heteroatoms. The molecule has 0 aliphatic rings. The molecule has 1 atom stereocenters. The van der Waals surface area contributed by atoms with Gasteiger partial charge in [-0.25, -0.2) is 4.79 Å². The summed E-state index contributed by atoms with van der Waals surface area (Å²) in [5, 5.41) is 21.4. The average molecular weight is 453 g/mol. The summed E-state index contributed by atoms with van der Waals surface area (Å²) in [6.45, 7) is 1.23. The number of nitrogens with zero attached hydrogens (tertiary/aromatic N) is 1. The first-order valence-electron chi connectivity index (χ1n) is 9.68. The van der Waals surface area contributed by atoms with Crippen LogP contribution in [-0.4, -0.2) is 59.6 Å². The standard InChI is InChI=1S/C22H26Cl2N2O4/c23-10-12-26(13-11-24)18-7-5-16(6-8-18)15-20(22(29)30)25-21(28)19-4-2-1-3-17(19)9-14-27/h1-8,20,27H,9-15H2,(H,25,28)(H,29,30). The Bertz CT molecular complexity index is 824. The molecule has 2 aromatic rings. The number of amides is 1. The number of aliphatic hydroxyl groups is 1. The van der Waals surface area contributed by atoms with E-state index >= 15 is 0 Å². The van der Waals surface area contributed by atoms with Crippen molar-refractivity contribution in [3.8, 4) is 0 Å². The number of aliphatic carboxylic acids is 1. The molecule has 6 nitrogen and oxygen atoms in total. The molecule has 0 heterocycles. The lowest BCUT2D eigenvalue weighted by molar-refractivity contribution is -0.139. The Morgan fingerprint density at radius 1 is 1.00 bits per heavy atom. The van der Waals surface area contributed by atoms with E-state index in [2.05, 4.69) is 10.2 Å². The Kier molecular flexibility index (Phi) is 9.94. The Labute approximate surface area is 186 Å². The Morgan fingerprint density at radius 3 is 2.20 bits per heavy atom. The highest BCUT2D eigenvalue weighted by molar-refractivity contribution is 6.18.